The molecule has 2 rings (SSSR count). The third kappa shape index (κ3) is 15.9. The van der Waals surface area contributed by atoms with Gasteiger partial charge in [-0.3, -0.25) is 44.4 Å². The van der Waals surface area contributed by atoms with Gasteiger partial charge in [-0.15, -0.1) is 0 Å². The Morgan fingerprint density at radius 3 is 1.54 bits per heavy atom. The predicted octanol–water partition coefficient (Wildman–Crippen LogP) is 3.49. The molecule has 0 saturated heterocycles. The average Bonchev–Trinajstić information content (AvgIpc) is 3.17. The van der Waals surface area contributed by atoms with Crippen LogP contribution in [0.25, 0.3) is 0 Å². The first-order valence-electron chi connectivity index (χ1n) is 19.8. The van der Waals surface area contributed by atoms with Gasteiger partial charge in [0.15, 0.2) is 5.60 Å². The summed E-state index contributed by atoms with van der Waals surface area (Å²) in [6, 6.07) is 0. The quantitative estimate of drug-likeness (QED) is 0.0430. The number of carbonyl (C=O) groups excluding carboxylic acids is 6. The monoisotopic (exact) mass is 792 g/mol. The molecule has 7 N–H and O–H groups in total. The number of ether oxygens (including phenoxy) is 1. The lowest BCUT2D eigenvalue weighted by atomic mass is 9.86. The number of amides is 6. The van der Waals surface area contributed by atoms with Crippen LogP contribution in [0.15, 0.2) is 0 Å². The number of rotatable bonds is 25. The number of fused-ring (bicyclic) bond motifs is 1. The van der Waals surface area contributed by atoms with Crippen molar-refractivity contribution in [1.82, 2.24) is 31.1 Å². The number of phenols is 1. The van der Waals surface area contributed by atoms with Gasteiger partial charge in [0.1, 0.15) is 11.5 Å². The van der Waals surface area contributed by atoms with Gasteiger partial charge in [-0.1, -0.05) is 0 Å². The first-order valence-corrected chi connectivity index (χ1v) is 19.8. The molecule has 1 unspecified atom stereocenters. The second-order valence-corrected chi connectivity index (χ2v) is 14.7. The molecule has 17 nitrogen and oxygen atoms in total. The van der Waals surface area contributed by atoms with Gasteiger partial charge >= 0.3 is 0 Å². The zero-order valence-corrected chi connectivity index (χ0v) is 33.8. The van der Waals surface area contributed by atoms with Crippen LogP contribution in [0.4, 0.5) is 0 Å². The number of aromatic hydroxyl groups is 1. The van der Waals surface area contributed by atoms with Crippen molar-refractivity contribution in [2.24, 2.45) is 0 Å². The highest BCUT2D eigenvalue weighted by atomic mass is 16.5. The Morgan fingerprint density at radius 1 is 0.625 bits per heavy atom. The molecular weight excluding hydrogens is 728 g/mol. The smallest absolute Gasteiger partial charge is 0.263 e. The van der Waals surface area contributed by atoms with E-state index in [1.54, 1.807) is 6.92 Å². The Kier molecular flexibility index (Phi) is 20.6. The molecule has 0 aliphatic carbocycles. The number of hydrogen-bond donors (Lipinski definition) is 7. The second-order valence-electron chi connectivity index (χ2n) is 14.7. The SMILES string of the molecule is CC(=O)N(O)CCCCCNC(=O)CCC(=O)N(O)CCCCCNC(=O)CCC(=O)N(O)CCCCCNC(=O)C1(C)CCc2c(C)c(O)c(C)c(C)c2O1. The van der Waals surface area contributed by atoms with E-state index in [-0.39, 0.29) is 68.8 Å². The van der Waals surface area contributed by atoms with E-state index in [9.17, 15) is 49.5 Å². The number of nitrogens with zero attached hydrogens (tertiary/aromatic N) is 3. The van der Waals surface area contributed by atoms with Crippen molar-refractivity contribution in [3.05, 3.63) is 22.3 Å². The fraction of sp³-hybridized carbons (Fsp3) is 0.692. The van der Waals surface area contributed by atoms with Gasteiger partial charge in [0.05, 0.1) is 0 Å². The number of unbranched alkanes of at least 4 members (excludes halogenated alkanes) is 6. The van der Waals surface area contributed by atoms with Gasteiger partial charge in [0, 0.05) is 83.9 Å². The molecule has 1 heterocycles. The van der Waals surface area contributed by atoms with E-state index in [1.165, 1.54) is 6.92 Å². The summed E-state index contributed by atoms with van der Waals surface area (Å²) in [5.74, 6) is -1.49. The summed E-state index contributed by atoms with van der Waals surface area (Å²) < 4.78 is 6.22. The van der Waals surface area contributed by atoms with E-state index in [0.717, 1.165) is 22.3 Å². The normalized spacial score (nSPS) is 14.6. The van der Waals surface area contributed by atoms with Gasteiger partial charge in [-0.25, -0.2) is 15.2 Å². The summed E-state index contributed by atoms with van der Waals surface area (Å²) in [6.45, 7) is 10.2. The van der Waals surface area contributed by atoms with Gasteiger partial charge in [-0.05, 0) is 109 Å². The van der Waals surface area contributed by atoms with Crippen LogP contribution in [0.1, 0.15) is 126 Å². The van der Waals surface area contributed by atoms with Crippen LogP contribution in [-0.2, 0) is 35.2 Å². The first kappa shape index (κ1) is 47.7. The van der Waals surface area contributed by atoms with Crippen molar-refractivity contribution in [3.8, 4) is 11.5 Å². The highest BCUT2D eigenvalue weighted by Crippen LogP contribution is 2.43. The number of nitrogens with one attached hydrogen (secondary N) is 3. The lowest BCUT2D eigenvalue weighted by Crippen LogP contribution is -2.51. The van der Waals surface area contributed by atoms with Crippen molar-refractivity contribution in [3.63, 3.8) is 0 Å². The van der Waals surface area contributed by atoms with Crippen LogP contribution in [-0.4, -0.2) is 116 Å². The van der Waals surface area contributed by atoms with Gasteiger partial charge in [-0.2, -0.15) is 0 Å². The van der Waals surface area contributed by atoms with Crippen molar-refractivity contribution in [2.45, 2.75) is 137 Å². The summed E-state index contributed by atoms with van der Waals surface area (Å²) in [6.07, 6.45) is 6.12. The first-order chi connectivity index (χ1) is 26.5. The minimum atomic E-state index is -1.03. The van der Waals surface area contributed by atoms with Gasteiger partial charge in [0.25, 0.3) is 5.91 Å². The molecule has 0 saturated carbocycles. The molecule has 1 atom stereocenters. The molecule has 1 aliphatic rings. The topological polar surface area (TPSA) is 238 Å². The minimum Gasteiger partial charge on any atom is -0.507 e. The lowest BCUT2D eigenvalue weighted by molar-refractivity contribution is -0.166. The van der Waals surface area contributed by atoms with Crippen LogP contribution >= 0.6 is 0 Å². The average molecular weight is 793 g/mol. The van der Waals surface area contributed by atoms with Crippen molar-refractivity contribution < 1.29 is 54.2 Å². The van der Waals surface area contributed by atoms with Crippen LogP contribution in [0.2, 0.25) is 0 Å². The fourth-order valence-corrected chi connectivity index (χ4v) is 6.22. The van der Waals surface area contributed by atoms with Crippen LogP contribution in [0.3, 0.4) is 0 Å². The lowest BCUT2D eigenvalue weighted by Gasteiger charge is -2.36. The maximum Gasteiger partial charge on any atom is 0.263 e. The Hall–Kier alpha value is -4.48. The molecule has 17 heteroatoms. The Morgan fingerprint density at radius 2 is 1.07 bits per heavy atom. The molecule has 6 amide bonds. The largest absolute Gasteiger partial charge is 0.507 e. The number of phenolic OH excluding ortho intramolecular Hbond substituents is 1. The van der Waals surface area contributed by atoms with E-state index in [0.29, 0.717) is 111 Å². The molecule has 0 bridgehead atoms. The van der Waals surface area contributed by atoms with Crippen molar-refractivity contribution in [1.29, 1.82) is 0 Å². The van der Waals surface area contributed by atoms with E-state index in [1.807, 2.05) is 20.8 Å². The zero-order valence-electron chi connectivity index (χ0n) is 33.8. The molecule has 1 aromatic rings. The summed E-state index contributed by atoms with van der Waals surface area (Å²) in [5.41, 5.74) is 2.24. The summed E-state index contributed by atoms with van der Waals surface area (Å²) in [7, 11) is 0. The molecule has 1 aromatic carbocycles. The number of hydrogen-bond acceptors (Lipinski definition) is 11. The Labute approximate surface area is 330 Å². The number of carbonyl (C=O) groups is 6. The minimum absolute atomic E-state index is 0.0601. The summed E-state index contributed by atoms with van der Waals surface area (Å²) >= 11 is 0. The predicted molar refractivity (Wildman–Crippen MR) is 205 cm³/mol. The molecule has 0 aromatic heterocycles. The van der Waals surface area contributed by atoms with Gasteiger partial charge in [0.2, 0.25) is 29.5 Å². The molecule has 316 valence electrons. The fourth-order valence-electron chi connectivity index (χ4n) is 6.22. The van der Waals surface area contributed by atoms with Crippen molar-refractivity contribution >= 4 is 35.4 Å². The van der Waals surface area contributed by atoms with E-state index < -0.39 is 23.3 Å². The molecule has 0 radical (unpaired) electrons. The van der Waals surface area contributed by atoms with Crippen LogP contribution in [0, 0.1) is 20.8 Å². The van der Waals surface area contributed by atoms with E-state index >= 15 is 0 Å². The number of hydroxylamine groups is 6. The molecule has 0 fully saturated rings. The summed E-state index contributed by atoms with van der Waals surface area (Å²) in [4.78, 5) is 72.5. The molecule has 0 spiro atoms. The molecule has 1 aliphatic heterocycles. The number of benzene rings is 1. The third-order valence-corrected chi connectivity index (χ3v) is 10.1. The van der Waals surface area contributed by atoms with Crippen LogP contribution in [0.5, 0.6) is 11.5 Å². The van der Waals surface area contributed by atoms with Crippen molar-refractivity contribution in [2.75, 3.05) is 39.3 Å². The van der Waals surface area contributed by atoms with E-state index in [2.05, 4.69) is 16.0 Å². The maximum absolute atomic E-state index is 13.0. The summed E-state index contributed by atoms with van der Waals surface area (Å²) in [5, 5.41) is 50.0. The highest BCUT2D eigenvalue weighted by molar-refractivity contribution is 5.86. The zero-order chi connectivity index (χ0) is 41.8. The molecular formula is C39H64N6O11. The van der Waals surface area contributed by atoms with E-state index in [4.69, 9.17) is 4.74 Å². The standard InChI is InChI=1S/C39H64N6O11/c1-27-28(2)37-31(29(3)36(27)51)19-20-39(5,56-37)38(52)42-23-11-8-14-26-45(55)35(50)18-16-33(48)41-22-10-7-13-25-44(54)34(49)17-15-32(47)40-21-9-6-12-24-43(53)30(4)46/h51,53-55H,6-26H2,1-5H3,(H,40,47)(H,41,48)(H,42,52). The maximum atomic E-state index is 13.0. The second kappa shape index (κ2) is 24.2. The Bertz CT molecular complexity index is 1510. The molecule has 56 heavy (non-hydrogen) atoms. The van der Waals surface area contributed by atoms with Crippen LogP contribution < -0.4 is 20.7 Å². The third-order valence-electron chi connectivity index (χ3n) is 10.1. The van der Waals surface area contributed by atoms with Gasteiger partial charge < -0.3 is 25.8 Å². The Balaban J connectivity index is 1.48. The highest BCUT2D eigenvalue weighted by Gasteiger charge is 2.40.